The first-order chi connectivity index (χ1) is 8.40. The first kappa shape index (κ1) is 14.0. The SMILES string of the molecule is CC(C)NC(=O)c1cccc(OC(C)C(=O)O)c1. The standard InChI is InChI=1S/C13H17NO4/c1-8(2)14-12(15)10-5-4-6-11(7-10)18-9(3)13(16)17/h4-9H,1-3H3,(H,14,15)(H,16,17). The predicted octanol–water partition coefficient (Wildman–Crippen LogP) is 1.68. The maximum Gasteiger partial charge on any atom is 0.344 e. The van der Waals surface area contributed by atoms with Crippen molar-refractivity contribution in [3.8, 4) is 5.75 Å². The van der Waals surface area contributed by atoms with E-state index in [0.29, 0.717) is 11.3 Å². The molecule has 5 nitrogen and oxygen atoms in total. The number of carboxylic acid groups (broad SMARTS) is 1. The summed E-state index contributed by atoms with van der Waals surface area (Å²) in [7, 11) is 0. The number of ether oxygens (including phenoxy) is 1. The third-order valence-electron chi connectivity index (χ3n) is 2.18. The maximum absolute atomic E-state index is 11.7. The fourth-order valence-corrected chi connectivity index (χ4v) is 1.31. The summed E-state index contributed by atoms with van der Waals surface area (Å²) in [5, 5.41) is 11.5. The van der Waals surface area contributed by atoms with Crippen molar-refractivity contribution in [2.45, 2.75) is 32.9 Å². The molecule has 0 aliphatic carbocycles. The van der Waals surface area contributed by atoms with Crippen LogP contribution in [-0.4, -0.2) is 29.1 Å². The quantitative estimate of drug-likeness (QED) is 0.834. The van der Waals surface area contributed by atoms with Crippen LogP contribution in [0.4, 0.5) is 0 Å². The molecule has 0 fully saturated rings. The van der Waals surface area contributed by atoms with E-state index in [4.69, 9.17) is 9.84 Å². The summed E-state index contributed by atoms with van der Waals surface area (Å²) in [5.74, 6) is -0.897. The zero-order chi connectivity index (χ0) is 13.7. The lowest BCUT2D eigenvalue weighted by atomic mass is 10.2. The van der Waals surface area contributed by atoms with Crippen molar-refractivity contribution in [1.82, 2.24) is 5.32 Å². The molecular weight excluding hydrogens is 234 g/mol. The molecule has 0 aliphatic heterocycles. The van der Waals surface area contributed by atoms with Crippen LogP contribution in [0.1, 0.15) is 31.1 Å². The van der Waals surface area contributed by atoms with Crippen molar-refractivity contribution in [2.75, 3.05) is 0 Å². The Hall–Kier alpha value is -2.04. The molecule has 0 aromatic heterocycles. The molecule has 1 atom stereocenters. The Morgan fingerprint density at radius 2 is 1.94 bits per heavy atom. The van der Waals surface area contributed by atoms with E-state index in [1.807, 2.05) is 13.8 Å². The first-order valence-corrected chi connectivity index (χ1v) is 5.70. The summed E-state index contributed by atoms with van der Waals surface area (Å²) in [6.45, 7) is 5.17. The van der Waals surface area contributed by atoms with E-state index < -0.39 is 12.1 Å². The predicted molar refractivity (Wildman–Crippen MR) is 66.8 cm³/mol. The largest absolute Gasteiger partial charge is 0.479 e. The van der Waals surface area contributed by atoms with E-state index in [-0.39, 0.29) is 11.9 Å². The lowest BCUT2D eigenvalue weighted by molar-refractivity contribution is -0.144. The van der Waals surface area contributed by atoms with Crippen molar-refractivity contribution < 1.29 is 19.4 Å². The second-order valence-electron chi connectivity index (χ2n) is 4.25. The summed E-state index contributed by atoms with van der Waals surface area (Å²) >= 11 is 0. The Bertz CT molecular complexity index is 442. The Labute approximate surface area is 106 Å². The lowest BCUT2D eigenvalue weighted by Crippen LogP contribution is -2.30. The van der Waals surface area contributed by atoms with Crippen molar-refractivity contribution in [3.05, 3.63) is 29.8 Å². The topological polar surface area (TPSA) is 75.6 Å². The second kappa shape index (κ2) is 6.05. The van der Waals surface area contributed by atoms with Gasteiger partial charge in [0.05, 0.1) is 0 Å². The summed E-state index contributed by atoms with van der Waals surface area (Å²) in [6.07, 6.45) is -0.951. The van der Waals surface area contributed by atoms with Crippen molar-refractivity contribution in [2.24, 2.45) is 0 Å². The van der Waals surface area contributed by atoms with Crippen LogP contribution < -0.4 is 10.1 Å². The normalized spacial score (nSPS) is 12.0. The van der Waals surface area contributed by atoms with Crippen LogP contribution >= 0.6 is 0 Å². The molecule has 1 aromatic rings. The molecule has 0 heterocycles. The molecule has 0 saturated heterocycles. The minimum absolute atomic E-state index is 0.0417. The van der Waals surface area contributed by atoms with Gasteiger partial charge >= 0.3 is 5.97 Å². The van der Waals surface area contributed by atoms with Crippen LogP contribution in [-0.2, 0) is 4.79 Å². The summed E-state index contributed by atoms with van der Waals surface area (Å²) < 4.78 is 5.19. The smallest absolute Gasteiger partial charge is 0.344 e. The highest BCUT2D eigenvalue weighted by Crippen LogP contribution is 2.15. The molecule has 0 radical (unpaired) electrons. The van der Waals surface area contributed by atoms with Crippen LogP contribution in [0.15, 0.2) is 24.3 Å². The number of carbonyl (C=O) groups is 2. The third kappa shape index (κ3) is 4.08. The fourth-order valence-electron chi connectivity index (χ4n) is 1.31. The van der Waals surface area contributed by atoms with Gasteiger partial charge in [0.1, 0.15) is 5.75 Å². The van der Waals surface area contributed by atoms with E-state index >= 15 is 0 Å². The van der Waals surface area contributed by atoms with E-state index in [9.17, 15) is 9.59 Å². The highest BCUT2D eigenvalue weighted by atomic mass is 16.5. The molecule has 0 bridgehead atoms. The van der Waals surface area contributed by atoms with Crippen LogP contribution in [0.2, 0.25) is 0 Å². The van der Waals surface area contributed by atoms with E-state index in [1.54, 1.807) is 18.2 Å². The van der Waals surface area contributed by atoms with Gasteiger partial charge in [-0.25, -0.2) is 4.79 Å². The van der Waals surface area contributed by atoms with Gasteiger partial charge in [0.15, 0.2) is 6.10 Å². The molecule has 0 spiro atoms. The molecule has 1 aromatic carbocycles. The van der Waals surface area contributed by atoms with Gasteiger partial charge in [-0.3, -0.25) is 4.79 Å². The third-order valence-corrected chi connectivity index (χ3v) is 2.18. The van der Waals surface area contributed by atoms with Crippen molar-refractivity contribution in [3.63, 3.8) is 0 Å². The molecule has 18 heavy (non-hydrogen) atoms. The van der Waals surface area contributed by atoms with Gasteiger partial charge in [-0.05, 0) is 39.0 Å². The maximum atomic E-state index is 11.7. The van der Waals surface area contributed by atoms with Gasteiger partial charge in [0.2, 0.25) is 0 Å². The van der Waals surface area contributed by atoms with E-state index in [2.05, 4.69) is 5.32 Å². The van der Waals surface area contributed by atoms with Gasteiger partial charge in [-0.15, -0.1) is 0 Å². The van der Waals surface area contributed by atoms with Gasteiger partial charge in [0.25, 0.3) is 5.91 Å². The van der Waals surface area contributed by atoms with Gasteiger partial charge in [-0.2, -0.15) is 0 Å². The molecule has 5 heteroatoms. The molecule has 2 N–H and O–H groups in total. The van der Waals surface area contributed by atoms with Crippen LogP contribution in [0, 0.1) is 0 Å². The van der Waals surface area contributed by atoms with Crippen LogP contribution in [0.5, 0.6) is 5.75 Å². The number of amides is 1. The first-order valence-electron chi connectivity index (χ1n) is 5.70. The minimum atomic E-state index is -1.05. The highest BCUT2D eigenvalue weighted by Gasteiger charge is 2.13. The molecule has 0 aliphatic rings. The summed E-state index contributed by atoms with van der Waals surface area (Å²) in [6, 6.07) is 6.48. The van der Waals surface area contributed by atoms with Crippen molar-refractivity contribution >= 4 is 11.9 Å². The molecule has 1 rings (SSSR count). The Morgan fingerprint density at radius 3 is 2.50 bits per heavy atom. The molecule has 98 valence electrons. The number of rotatable bonds is 5. The van der Waals surface area contributed by atoms with Gasteiger partial charge < -0.3 is 15.2 Å². The summed E-state index contributed by atoms with van der Waals surface area (Å²) in [5.41, 5.74) is 0.443. The lowest BCUT2D eigenvalue weighted by Gasteiger charge is -2.12. The van der Waals surface area contributed by atoms with Crippen LogP contribution in [0.3, 0.4) is 0 Å². The number of benzene rings is 1. The average Bonchev–Trinajstić information content (AvgIpc) is 2.28. The van der Waals surface area contributed by atoms with Crippen molar-refractivity contribution in [1.29, 1.82) is 0 Å². The number of nitrogens with one attached hydrogen (secondary N) is 1. The van der Waals surface area contributed by atoms with Gasteiger partial charge in [0, 0.05) is 11.6 Å². The Kier molecular flexibility index (Phi) is 4.71. The highest BCUT2D eigenvalue weighted by molar-refractivity contribution is 5.94. The number of hydrogen-bond acceptors (Lipinski definition) is 3. The van der Waals surface area contributed by atoms with E-state index in [1.165, 1.54) is 13.0 Å². The number of carboxylic acids is 1. The molecule has 1 amide bonds. The Balaban J connectivity index is 2.79. The second-order valence-corrected chi connectivity index (χ2v) is 4.25. The average molecular weight is 251 g/mol. The summed E-state index contributed by atoms with van der Waals surface area (Å²) in [4.78, 5) is 22.4. The zero-order valence-electron chi connectivity index (χ0n) is 10.6. The molecular formula is C13H17NO4. The number of carbonyl (C=O) groups excluding carboxylic acids is 1. The minimum Gasteiger partial charge on any atom is -0.479 e. The van der Waals surface area contributed by atoms with E-state index in [0.717, 1.165) is 0 Å². The fraction of sp³-hybridized carbons (Fsp3) is 0.385. The number of hydrogen-bond donors (Lipinski definition) is 2. The molecule has 0 saturated carbocycles. The number of aliphatic carboxylic acids is 1. The van der Waals surface area contributed by atoms with Crippen LogP contribution in [0.25, 0.3) is 0 Å². The monoisotopic (exact) mass is 251 g/mol. The van der Waals surface area contributed by atoms with Gasteiger partial charge in [-0.1, -0.05) is 6.07 Å². The Morgan fingerprint density at radius 1 is 1.28 bits per heavy atom. The molecule has 1 unspecified atom stereocenters. The zero-order valence-corrected chi connectivity index (χ0v) is 10.6.